The van der Waals surface area contributed by atoms with Crippen LogP contribution < -0.4 is 5.32 Å². The SMILES string of the molecule is O=C1N2C[C@H](c3scnc3[C@H]2C2=NN=C[NH2+]2)N1OS(=O)(=O)[O-]. The first-order valence-electron chi connectivity index (χ1n) is 6.08. The van der Waals surface area contributed by atoms with Gasteiger partial charge in [0, 0.05) is 0 Å². The van der Waals surface area contributed by atoms with E-state index in [2.05, 4.69) is 19.5 Å². The molecule has 1 fully saturated rings. The van der Waals surface area contributed by atoms with E-state index < -0.39 is 28.5 Å². The molecule has 3 aliphatic heterocycles. The minimum Gasteiger partial charge on any atom is -0.724 e. The van der Waals surface area contributed by atoms with Crippen molar-refractivity contribution in [1.29, 1.82) is 0 Å². The van der Waals surface area contributed by atoms with Gasteiger partial charge in [-0.25, -0.2) is 18.2 Å². The molecule has 116 valence electrons. The Hall–Kier alpha value is -1.93. The van der Waals surface area contributed by atoms with Crippen LogP contribution in [0.3, 0.4) is 0 Å². The first-order chi connectivity index (χ1) is 10.5. The van der Waals surface area contributed by atoms with Gasteiger partial charge in [-0.15, -0.1) is 11.3 Å². The third kappa shape index (κ3) is 1.94. The zero-order chi connectivity index (χ0) is 15.5. The second kappa shape index (κ2) is 4.53. The van der Waals surface area contributed by atoms with E-state index >= 15 is 0 Å². The van der Waals surface area contributed by atoms with Gasteiger partial charge >= 0.3 is 6.03 Å². The van der Waals surface area contributed by atoms with E-state index in [1.807, 2.05) is 0 Å². The summed E-state index contributed by atoms with van der Waals surface area (Å²) in [5.74, 6) is 0.519. The molecule has 1 aromatic rings. The number of aromatic nitrogens is 1. The summed E-state index contributed by atoms with van der Waals surface area (Å²) in [7, 11) is -5.05. The third-order valence-electron chi connectivity index (χ3n) is 3.52. The zero-order valence-corrected chi connectivity index (χ0v) is 12.3. The lowest BCUT2D eigenvalue weighted by molar-refractivity contribution is -0.398. The first kappa shape index (κ1) is 13.7. The normalized spacial score (nSPS) is 26.6. The number of carbonyl (C=O) groups excluding carboxylic acids is 1. The Balaban J connectivity index is 1.78. The van der Waals surface area contributed by atoms with Gasteiger partial charge in [-0.2, -0.15) is 9.35 Å². The number of nitrogens with zero attached hydrogens (tertiary/aromatic N) is 5. The van der Waals surface area contributed by atoms with Gasteiger partial charge in [-0.1, -0.05) is 10.2 Å². The molecule has 4 heterocycles. The molecular formula is C9H8N6O5S2. The van der Waals surface area contributed by atoms with Crippen molar-refractivity contribution in [3.63, 3.8) is 0 Å². The molecule has 0 spiro atoms. The fourth-order valence-electron chi connectivity index (χ4n) is 2.74. The van der Waals surface area contributed by atoms with Gasteiger partial charge in [0.25, 0.3) is 5.84 Å². The number of hydrogen-bond donors (Lipinski definition) is 1. The van der Waals surface area contributed by atoms with Crippen LogP contribution in [-0.4, -0.2) is 52.7 Å². The smallest absolute Gasteiger partial charge is 0.346 e. The van der Waals surface area contributed by atoms with Gasteiger partial charge in [0.2, 0.25) is 16.7 Å². The van der Waals surface area contributed by atoms with Crippen LogP contribution in [0.4, 0.5) is 4.79 Å². The highest BCUT2D eigenvalue weighted by Crippen LogP contribution is 2.45. The highest BCUT2D eigenvalue weighted by molar-refractivity contribution is 7.80. The maximum atomic E-state index is 12.4. The summed E-state index contributed by atoms with van der Waals surface area (Å²) in [6.45, 7) is 0.182. The maximum absolute atomic E-state index is 12.4. The molecule has 1 saturated heterocycles. The standard InChI is InChI=1S/C9H8N6O5S2/c16-9-14-1-4(15(9)20-22(17,18)19)7-5(11-3-21-7)6(14)8-10-2-12-13-8/h2-4,6H,1H2,(H,10,12,13)(H,17,18,19)/t4-,6+/m1/s1. The summed E-state index contributed by atoms with van der Waals surface area (Å²) in [5.41, 5.74) is 2.18. The van der Waals surface area contributed by atoms with Gasteiger partial charge in [-0.05, 0) is 0 Å². The van der Waals surface area contributed by atoms with Crippen molar-refractivity contribution in [2.45, 2.75) is 12.1 Å². The predicted octanol–water partition coefficient (Wildman–Crippen LogP) is -1.71. The molecule has 3 aliphatic rings. The molecule has 11 nitrogen and oxygen atoms in total. The summed E-state index contributed by atoms with van der Waals surface area (Å²) in [6, 6.07) is -1.98. The van der Waals surface area contributed by atoms with Gasteiger partial charge in [-0.3, -0.25) is 5.32 Å². The molecule has 2 bridgehead atoms. The van der Waals surface area contributed by atoms with Gasteiger partial charge in [0.05, 0.1) is 22.6 Å². The van der Waals surface area contributed by atoms with Crippen molar-refractivity contribution in [2.24, 2.45) is 10.2 Å². The molecule has 0 aromatic carbocycles. The second-order valence-corrected chi connectivity index (χ2v) is 6.57. The number of nitrogens with two attached hydrogens (primary N) is 1. The monoisotopic (exact) mass is 344 g/mol. The number of urea groups is 1. The lowest BCUT2D eigenvalue weighted by Gasteiger charge is -2.27. The molecule has 0 saturated carbocycles. The zero-order valence-electron chi connectivity index (χ0n) is 10.7. The number of hydrogen-bond acceptors (Lipinski definition) is 9. The van der Waals surface area contributed by atoms with E-state index in [-0.39, 0.29) is 6.54 Å². The number of amides is 2. The van der Waals surface area contributed by atoms with Crippen molar-refractivity contribution in [3.8, 4) is 0 Å². The molecular weight excluding hydrogens is 336 g/mol. The van der Waals surface area contributed by atoms with Crippen molar-refractivity contribution < 1.29 is 27.4 Å². The van der Waals surface area contributed by atoms with Crippen molar-refractivity contribution in [1.82, 2.24) is 14.9 Å². The maximum Gasteiger partial charge on any atom is 0.346 e. The number of hydroxylamine groups is 2. The quantitative estimate of drug-likeness (QED) is 0.510. The molecule has 0 radical (unpaired) electrons. The van der Waals surface area contributed by atoms with Gasteiger partial charge in [0.15, 0.2) is 6.04 Å². The molecule has 0 aliphatic carbocycles. The Labute approximate surface area is 127 Å². The van der Waals surface area contributed by atoms with Crippen LogP contribution >= 0.6 is 11.3 Å². The Morgan fingerprint density at radius 1 is 1.50 bits per heavy atom. The molecule has 22 heavy (non-hydrogen) atoms. The largest absolute Gasteiger partial charge is 0.724 e. The summed E-state index contributed by atoms with van der Waals surface area (Å²) in [5, 5.41) is 9.93. The molecule has 0 unspecified atom stereocenters. The van der Waals surface area contributed by atoms with Crippen LogP contribution in [-0.2, 0) is 14.7 Å². The van der Waals surface area contributed by atoms with Crippen molar-refractivity contribution in [3.05, 3.63) is 16.1 Å². The van der Waals surface area contributed by atoms with E-state index in [4.69, 9.17) is 0 Å². The van der Waals surface area contributed by atoms with Crippen LogP contribution in [0.1, 0.15) is 22.7 Å². The van der Waals surface area contributed by atoms with Crippen molar-refractivity contribution in [2.75, 3.05) is 6.54 Å². The average molecular weight is 344 g/mol. The highest BCUT2D eigenvalue weighted by Gasteiger charge is 2.54. The molecule has 2 N–H and O–H groups in total. The Morgan fingerprint density at radius 3 is 3.00 bits per heavy atom. The first-order valence-corrected chi connectivity index (χ1v) is 8.30. The van der Waals surface area contributed by atoms with E-state index in [1.165, 1.54) is 22.6 Å². The van der Waals surface area contributed by atoms with Gasteiger partial charge in [0.1, 0.15) is 6.04 Å². The Kier molecular flexibility index (Phi) is 2.82. The Bertz CT molecular complexity index is 816. The van der Waals surface area contributed by atoms with E-state index in [0.29, 0.717) is 21.5 Å². The number of amidine groups is 1. The van der Waals surface area contributed by atoms with E-state index in [9.17, 15) is 17.8 Å². The van der Waals surface area contributed by atoms with E-state index in [0.717, 1.165) is 0 Å². The number of thiazole rings is 1. The summed E-state index contributed by atoms with van der Waals surface area (Å²) in [6.07, 6.45) is 1.49. The number of quaternary nitrogens is 1. The number of rotatable bonds is 3. The van der Waals surface area contributed by atoms with Crippen LogP contribution in [0.15, 0.2) is 15.7 Å². The average Bonchev–Trinajstić information content (AvgIpc) is 3.15. The lowest BCUT2D eigenvalue weighted by Crippen LogP contribution is -2.87. The minimum absolute atomic E-state index is 0.182. The molecule has 2 amide bonds. The number of carbonyl (C=O) groups is 1. The molecule has 2 atom stereocenters. The fraction of sp³-hybridized carbons (Fsp3) is 0.333. The Morgan fingerprint density at radius 2 is 2.32 bits per heavy atom. The van der Waals surface area contributed by atoms with Gasteiger partial charge < -0.3 is 9.45 Å². The van der Waals surface area contributed by atoms with Crippen molar-refractivity contribution >= 4 is 39.9 Å². The van der Waals surface area contributed by atoms with Crippen LogP contribution in [0.2, 0.25) is 0 Å². The van der Waals surface area contributed by atoms with Crippen LogP contribution in [0.25, 0.3) is 0 Å². The lowest BCUT2D eigenvalue weighted by atomic mass is 10.0. The summed E-state index contributed by atoms with van der Waals surface area (Å²) < 4.78 is 36.9. The minimum atomic E-state index is -5.05. The molecule has 4 rings (SSSR count). The molecule has 1 aromatic heterocycles. The number of fused-ring (bicyclic) bond motifs is 4. The van der Waals surface area contributed by atoms with Crippen LogP contribution in [0, 0.1) is 0 Å². The topological polar surface area (TPSA) is 144 Å². The van der Waals surface area contributed by atoms with Crippen LogP contribution in [0.5, 0.6) is 0 Å². The predicted molar refractivity (Wildman–Crippen MR) is 70.2 cm³/mol. The second-order valence-electron chi connectivity index (χ2n) is 4.72. The summed E-state index contributed by atoms with van der Waals surface area (Å²) >= 11 is 1.26. The fourth-order valence-corrected chi connectivity index (χ4v) is 4.00. The molecule has 13 heteroatoms. The summed E-state index contributed by atoms with van der Waals surface area (Å²) in [4.78, 5) is 18.7. The third-order valence-corrected chi connectivity index (χ3v) is 4.81. The van der Waals surface area contributed by atoms with E-state index in [1.54, 1.807) is 10.8 Å². The highest BCUT2D eigenvalue weighted by atomic mass is 32.3.